The fraction of sp³-hybridized carbons (Fsp3) is 0.944. The van der Waals surface area contributed by atoms with Crippen LogP contribution in [0.4, 0.5) is 0 Å². The van der Waals surface area contributed by atoms with Gasteiger partial charge in [-0.05, 0) is 93.5 Å². The summed E-state index contributed by atoms with van der Waals surface area (Å²) < 4.78 is 0. The number of hydrogen-bond donors (Lipinski definition) is 2. The molecular formula is C18H31ClN2O. The van der Waals surface area contributed by atoms with E-state index in [1.54, 1.807) is 0 Å². The molecule has 4 saturated carbocycles. The molecule has 5 aliphatic rings. The molecule has 4 bridgehead atoms. The second-order valence-corrected chi connectivity index (χ2v) is 8.59. The highest BCUT2D eigenvalue weighted by molar-refractivity contribution is 5.85. The van der Waals surface area contributed by atoms with Gasteiger partial charge in [0.05, 0.1) is 0 Å². The second kappa shape index (κ2) is 6.68. The molecule has 2 N–H and O–H groups in total. The Morgan fingerprint density at radius 2 is 1.73 bits per heavy atom. The van der Waals surface area contributed by atoms with E-state index in [1.165, 1.54) is 44.9 Å². The maximum atomic E-state index is 12.4. The van der Waals surface area contributed by atoms with Gasteiger partial charge in [0.15, 0.2) is 0 Å². The van der Waals surface area contributed by atoms with Crippen LogP contribution < -0.4 is 10.6 Å². The van der Waals surface area contributed by atoms with E-state index in [0.717, 1.165) is 56.1 Å². The Hall–Kier alpha value is -0.280. The van der Waals surface area contributed by atoms with E-state index < -0.39 is 0 Å². The fourth-order valence-electron chi connectivity index (χ4n) is 6.29. The van der Waals surface area contributed by atoms with Crippen molar-refractivity contribution in [2.24, 2.45) is 29.1 Å². The van der Waals surface area contributed by atoms with Gasteiger partial charge in [0.25, 0.3) is 0 Å². The molecule has 0 aromatic heterocycles. The number of hydrogen-bond acceptors (Lipinski definition) is 2. The number of carbonyl (C=O) groups excluding carboxylic acids is 1. The highest BCUT2D eigenvalue weighted by Gasteiger charge is 2.51. The van der Waals surface area contributed by atoms with E-state index in [0.29, 0.717) is 11.3 Å². The largest absolute Gasteiger partial charge is 0.356 e. The lowest BCUT2D eigenvalue weighted by Gasteiger charge is -2.56. The third-order valence-corrected chi connectivity index (χ3v) is 6.74. The minimum absolute atomic E-state index is 0. The summed E-state index contributed by atoms with van der Waals surface area (Å²) in [6.45, 7) is 3.19. The van der Waals surface area contributed by atoms with Gasteiger partial charge in [-0.15, -0.1) is 12.4 Å². The van der Waals surface area contributed by atoms with Crippen molar-refractivity contribution in [3.63, 3.8) is 0 Å². The Morgan fingerprint density at radius 1 is 1.09 bits per heavy atom. The van der Waals surface area contributed by atoms with Crippen molar-refractivity contribution in [1.82, 2.24) is 10.6 Å². The van der Waals surface area contributed by atoms with Gasteiger partial charge in [0, 0.05) is 13.0 Å². The van der Waals surface area contributed by atoms with Gasteiger partial charge in [-0.1, -0.05) is 0 Å². The molecule has 1 heterocycles. The molecule has 1 saturated heterocycles. The third kappa shape index (κ3) is 3.46. The van der Waals surface area contributed by atoms with Crippen LogP contribution in [0.5, 0.6) is 0 Å². The molecule has 1 aliphatic heterocycles. The summed E-state index contributed by atoms with van der Waals surface area (Å²) >= 11 is 0. The predicted molar refractivity (Wildman–Crippen MR) is 91.1 cm³/mol. The van der Waals surface area contributed by atoms with Gasteiger partial charge < -0.3 is 10.6 Å². The summed E-state index contributed by atoms with van der Waals surface area (Å²) in [5.74, 6) is 3.98. The lowest BCUT2D eigenvalue weighted by molar-refractivity contribution is -0.129. The molecule has 126 valence electrons. The molecule has 0 aromatic rings. The fourth-order valence-corrected chi connectivity index (χ4v) is 6.29. The van der Waals surface area contributed by atoms with Crippen LogP contribution in [0, 0.1) is 29.1 Å². The van der Waals surface area contributed by atoms with Gasteiger partial charge in [-0.2, -0.15) is 0 Å². The normalized spacial score (nSPS) is 42.2. The molecule has 3 nitrogen and oxygen atoms in total. The zero-order valence-corrected chi connectivity index (χ0v) is 14.4. The maximum Gasteiger partial charge on any atom is 0.220 e. The first-order chi connectivity index (χ1) is 10.2. The molecule has 5 rings (SSSR count). The molecular weight excluding hydrogens is 296 g/mol. The van der Waals surface area contributed by atoms with Crippen molar-refractivity contribution in [2.75, 3.05) is 19.6 Å². The average molecular weight is 327 g/mol. The summed E-state index contributed by atoms with van der Waals surface area (Å²) in [6.07, 6.45) is 11.7. The Morgan fingerprint density at radius 3 is 2.27 bits per heavy atom. The molecule has 4 heteroatoms. The monoisotopic (exact) mass is 326 g/mol. The number of amides is 1. The average Bonchev–Trinajstić information content (AvgIpc) is 2.89. The van der Waals surface area contributed by atoms with Crippen molar-refractivity contribution in [1.29, 1.82) is 0 Å². The number of carbonyl (C=O) groups is 1. The van der Waals surface area contributed by atoms with Gasteiger partial charge in [-0.25, -0.2) is 0 Å². The van der Waals surface area contributed by atoms with Gasteiger partial charge >= 0.3 is 0 Å². The van der Waals surface area contributed by atoms with Crippen LogP contribution in [0.3, 0.4) is 0 Å². The summed E-state index contributed by atoms with van der Waals surface area (Å²) in [6, 6.07) is 0. The Balaban J connectivity index is 0.00000144. The van der Waals surface area contributed by atoms with Crippen molar-refractivity contribution in [2.45, 2.75) is 57.8 Å². The lowest BCUT2D eigenvalue weighted by atomic mass is 9.49. The van der Waals surface area contributed by atoms with Crippen LogP contribution in [0.25, 0.3) is 0 Å². The number of rotatable bonds is 5. The van der Waals surface area contributed by atoms with Crippen molar-refractivity contribution < 1.29 is 4.79 Å². The van der Waals surface area contributed by atoms with E-state index >= 15 is 0 Å². The topological polar surface area (TPSA) is 41.1 Å². The van der Waals surface area contributed by atoms with Gasteiger partial charge in [0.1, 0.15) is 0 Å². The van der Waals surface area contributed by atoms with Crippen LogP contribution in [0.2, 0.25) is 0 Å². The molecule has 0 spiro atoms. The Kier molecular flexibility index (Phi) is 5.04. The lowest BCUT2D eigenvalue weighted by Crippen LogP contribution is -2.48. The first kappa shape index (κ1) is 16.6. The van der Waals surface area contributed by atoms with Crippen LogP contribution in [0.15, 0.2) is 0 Å². The summed E-state index contributed by atoms with van der Waals surface area (Å²) in [5, 5.41) is 6.62. The van der Waals surface area contributed by atoms with E-state index in [-0.39, 0.29) is 12.4 Å². The molecule has 5 fully saturated rings. The first-order valence-corrected chi connectivity index (χ1v) is 9.18. The standard InChI is InChI=1S/C18H30N2O.ClH/c21-17(20-4-2-13-1-3-19-12-13)11-18-8-14-5-15(9-18)7-16(6-14)10-18;/h13-16,19H,1-12H2,(H,20,21);1H. The zero-order valence-electron chi connectivity index (χ0n) is 13.6. The highest BCUT2D eigenvalue weighted by Crippen LogP contribution is 2.61. The number of nitrogens with one attached hydrogen (secondary N) is 2. The van der Waals surface area contributed by atoms with Crippen LogP contribution in [-0.4, -0.2) is 25.5 Å². The van der Waals surface area contributed by atoms with E-state index in [4.69, 9.17) is 0 Å². The predicted octanol–water partition coefficient (Wildman–Crippen LogP) is 3.13. The van der Waals surface area contributed by atoms with Crippen molar-refractivity contribution in [3.8, 4) is 0 Å². The maximum absolute atomic E-state index is 12.4. The molecule has 1 amide bonds. The molecule has 1 atom stereocenters. The van der Waals surface area contributed by atoms with E-state index in [1.807, 2.05) is 0 Å². The van der Waals surface area contributed by atoms with Crippen LogP contribution in [-0.2, 0) is 4.79 Å². The minimum atomic E-state index is 0. The first-order valence-electron chi connectivity index (χ1n) is 9.18. The minimum Gasteiger partial charge on any atom is -0.356 e. The highest BCUT2D eigenvalue weighted by atomic mass is 35.5. The molecule has 0 aromatic carbocycles. The quantitative estimate of drug-likeness (QED) is 0.815. The van der Waals surface area contributed by atoms with Gasteiger partial charge in [-0.3, -0.25) is 4.79 Å². The molecule has 0 radical (unpaired) electrons. The SMILES string of the molecule is Cl.O=C(CC12CC3CC(CC(C3)C1)C2)NCCC1CCNC1. The van der Waals surface area contributed by atoms with E-state index in [2.05, 4.69) is 10.6 Å². The van der Waals surface area contributed by atoms with Crippen LogP contribution >= 0.6 is 12.4 Å². The summed E-state index contributed by atoms with van der Waals surface area (Å²) in [4.78, 5) is 12.4. The molecule has 1 unspecified atom stereocenters. The third-order valence-electron chi connectivity index (χ3n) is 6.74. The van der Waals surface area contributed by atoms with Crippen molar-refractivity contribution >= 4 is 18.3 Å². The smallest absolute Gasteiger partial charge is 0.220 e. The summed E-state index contributed by atoms with van der Waals surface area (Å²) in [7, 11) is 0. The van der Waals surface area contributed by atoms with E-state index in [9.17, 15) is 4.79 Å². The van der Waals surface area contributed by atoms with Gasteiger partial charge in [0.2, 0.25) is 5.91 Å². The Bertz CT molecular complexity index is 371. The van der Waals surface area contributed by atoms with Crippen molar-refractivity contribution in [3.05, 3.63) is 0 Å². The zero-order chi connectivity index (χ0) is 14.3. The molecule has 22 heavy (non-hydrogen) atoms. The Labute approximate surface area is 140 Å². The number of halogens is 1. The van der Waals surface area contributed by atoms with Crippen LogP contribution in [0.1, 0.15) is 57.8 Å². The summed E-state index contributed by atoms with van der Waals surface area (Å²) in [5.41, 5.74) is 0.397. The second-order valence-electron chi connectivity index (χ2n) is 8.59. The molecule has 4 aliphatic carbocycles.